The fraction of sp³-hybridized carbons (Fsp3) is 1.00. The van der Waals surface area contributed by atoms with Gasteiger partial charge in [-0.05, 0) is 23.8 Å². The Morgan fingerprint density at radius 3 is 2.50 bits per heavy atom. The average Bonchev–Trinajstić information content (AvgIpc) is 2.34. The third kappa shape index (κ3) is 7.81. The fourth-order valence-electron chi connectivity index (χ4n) is 1.88. The fourth-order valence-corrected chi connectivity index (χ4v) is 2.42. The number of ether oxygens (including phenoxy) is 1. The van der Waals surface area contributed by atoms with Gasteiger partial charge < -0.3 is 10.1 Å². The van der Waals surface area contributed by atoms with E-state index in [0.717, 1.165) is 32.8 Å². The second-order valence-electron chi connectivity index (χ2n) is 4.31. The monoisotopic (exact) mass is 340 g/mol. The van der Waals surface area contributed by atoms with Crippen LogP contribution in [-0.4, -0.2) is 55.3 Å². The molecule has 0 spiro atoms. The predicted molar refractivity (Wildman–Crippen MR) is 77.5 cm³/mol. The van der Waals surface area contributed by atoms with E-state index in [1.165, 1.54) is 43.2 Å². The molecule has 0 bridgehead atoms. The van der Waals surface area contributed by atoms with Crippen LogP contribution < -0.4 is 5.32 Å². The Morgan fingerprint density at radius 2 is 1.75 bits per heavy atom. The van der Waals surface area contributed by atoms with E-state index in [0.29, 0.717) is 0 Å². The molecule has 0 aromatic rings. The van der Waals surface area contributed by atoms with Crippen molar-refractivity contribution in [3.05, 3.63) is 0 Å². The summed E-state index contributed by atoms with van der Waals surface area (Å²) in [6.07, 6.45) is 5.50. The molecule has 1 aliphatic heterocycles. The Labute approximate surface area is 113 Å². The minimum absolute atomic E-state index is 0.913. The van der Waals surface area contributed by atoms with Crippen molar-refractivity contribution in [1.29, 1.82) is 0 Å². The van der Waals surface area contributed by atoms with Crippen molar-refractivity contribution in [3.63, 3.8) is 0 Å². The van der Waals surface area contributed by atoms with Crippen molar-refractivity contribution < 1.29 is 4.74 Å². The van der Waals surface area contributed by atoms with Gasteiger partial charge in [-0.2, -0.15) is 0 Å². The normalized spacial score (nSPS) is 17.8. The van der Waals surface area contributed by atoms with E-state index in [9.17, 15) is 0 Å². The SMILES string of the molecule is ICCCCCCNCCN1CCOCC1. The number of morpholine rings is 1. The number of nitrogens with one attached hydrogen (secondary N) is 1. The zero-order valence-electron chi connectivity index (χ0n) is 10.2. The van der Waals surface area contributed by atoms with Gasteiger partial charge in [-0.1, -0.05) is 35.4 Å². The van der Waals surface area contributed by atoms with Crippen molar-refractivity contribution >= 4 is 22.6 Å². The number of unbranched alkanes of at least 4 members (excludes halogenated alkanes) is 3. The first-order valence-corrected chi connectivity index (χ1v) is 8.03. The van der Waals surface area contributed by atoms with Crippen molar-refractivity contribution in [2.24, 2.45) is 0 Å². The molecule has 0 aromatic carbocycles. The Morgan fingerprint density at radius 1 is 1.00 bits per heavy atom. The number of hydrogen-bond acceptors (Lipinski definition) is 3. The largest absolute Gasteiger partial charge is 0.379 e. The van der Waals surface area contributed by atoms with Crippen LogP contribution in [0.2, 0.25) is 0 Å². The van der Waals surface area contributed by atoms with Crippen LogP contribution in [-0.2, 0) is 4.74 Å². The summed E-state index contributed by atoms with van der Waals surface area (Å²) in [6.45, 7) is 7.54. The first kappa shape index (κ1) is 14.7. The second-order valence-corrected chi connectivity index (χ2v) is 5.39. The van der Waals surface area contributed by atoms with Gasteiger partial charge in [0.15, 0.2) is 0 Å². The van der Waals surface area contributed by atoms with Gasteiger partial charge >= 0.3 is 0 Å². The Bertz CT molecular complexity index is 152. The van der Waals surface area contributed by atoms with E-state index in [2.05, 4.69) is 32.8 Å². The van der Waals surface area contributed by atoms with Crippen molar-refractivity contribution in [2.75, 3.05) is 50.4 Å². The molecule has 3 nitrogen and oxygen atoms in total. The third-order valence-corrected chi connectivity index (χ3v) is 3.71. The lowest BCUT2D eigenvalue weighted by Gasteiger charge is -2.26. The van der Waals surface area contributed by atoms with Gasteiger partial charge in [0.2, 0.25) is 0 Å². The Hall–Kier alpha value is 0.610. The summed E-state index contributed by atoms with van der Waals surface area (Å²) < 4.78 is 6.63. The number of alkyl halides is 1. The van der Waals surface area contributed by atoms with E-state index in [4.69, 9.17) is 4.74 Å². The molecule has 1 rings (SSSR count). The second kappa shape index (κ2) is 10.7. The molecule has 1 N–H and O–H groups in total. The maximum Gasteiger partial charge on any atom is 0.0594 e. The molecule has 0 aliphatic carbocycles. The first-order valence-electron chi connectivity index (χ1n) is 6.50. The number of hydrogen-bond donors (Lipinski definition) is 1. The molecule has 96 valence electrons. The van der Waals surface area contributed by atoms with E-state index >= 15 is 0 Å². The average molecular weight is 340 g/mol. The molecule has 16 heavy (non-hydrogen) atoms. The molecule has 1 heterocycles. The topological polar surface area (TPSA) is 24.5 Å². The molecule has 0 radical (unpaired) electrons. The maximum absolute atomic E-state index is 5.32. The van der Waals surface area contributed by atoms with E-state index < -0.39 is 0 Å². The summed E-state index contributed by atoms with van der Waals surface area (Å²) in [5.41, 5.74) is 0. The highest BCUT2D eigenvalue weighted by molar-refractivity contribution is 14.1. The van der Waals surface area contributed by atoms with Crippen molar-refractivity contribution in [3.8, 4) is 0 Å². The van der Waals surface area contributed by atoms with Crippen LogP contribution in [0.1, 0.15) is 25.7 Å². The zero-order chi connectivity index (χ0) is 11.5. The molecular formula is C12H25IN2O. The number of rotatable bonds is 9. The number of halogens is 1. The summed E-state index contributed by atoms with van der Waals surface area (Å²) >= 11 is 2.46. The molecule has 4 heteroatoms. The van der Waals surface area contributed by atoms with Crippen LogP contribution in [0.25, 0.3) is 0 Å². The lowest BCUT2D eigenvalue weighted by Crippen LogP contribution is -2.40. The molecule has 0 amide bonds. The van der Waals surface area contributed by atoms with Gasteiger partial charge in [-0.25, -0.2) is 0 Å². The van der Waals surface area contributed by atoms with Crippen LogP contribution in [0.15, 0.2) is 0 Å². The highest BCUT2D eigenvalue weighted by Crippen LogP contribution is 2.01. The van der Waals surface area contributed by atoms with Crippen LogP contribution in [0.4, 0.5) is 0 Å². The van der Waals surface area contributed by atoms with E-state index in [1.807, 2.05) is 0 Å². The smallest absolute Gasteiger partial charge is 0.0594 e. The molecule has 0 aromatic heterocycles. The summed E-state index contributed by atoms with van der Waals surface area (Å²) in [5, 5.41) is 3.53. The van der Waals surface area contributed by atoms with Crippen LogP contribution in [0, 0.1) is 0 Å². The van der Waals surface area contributed by atoms with Gasteiger partial charge in [0.25, 0.3) is 0 Å². The Kier molecular flexibility index (Phi) is 9.85. The third-order valence-electron chi connectivity index (χ3n) is 2.95. The lowest BCUT2D eigenvalue weighted by atomic mass is 10.2. The van der Waals surface area contributed by atoms with E-state index in [-0.39, 0.29) is 0 Å². The first-order chi connectivity index (χ1) is 7.93. The quantitative estimate of drug-likeness (QED) is 0.394. The molecule has 0 saturated carbocycles. The van der Waals surface area contributed by atoms with Crippen molar-refractivity contribution in [2.45, 2.75) is 25.7 Å². The van der Waals surface area contributed by atoms with Gasteiger partial charge in [-0.3, -0.25) is 4.90 Å². The number of nitrogens with zero attached hydrogens (tertiary/aromatic N) is 1. The zero-order valence-corrected chi connectivity index (χ0v) is 12.4. The van der Waals surface area contributed by atoms with Crippen LogP contribution in [0.5, 0.6) is 0 Å². The van der Waals surface area contributed by atoms with Crippen molar-refractivity contribution in [1.82, 2.24) is 10.2 Å². The molecule has 1 fully saturated rings. The lowest BCUT2D eigenvalue weighted by molar-refractivity contribution is 0.0384. The molecule has 1 saturated heterocycles. The Balaban J connectivity index is 1.77. The maximum atomic E-state index is 5.32. The molecule has 1 aliphatic rings. The van der Waals surface area contributed by atoms with Gasteiger partial charge in [0, 0.05) is 26.2 Å². The molecule has 0 atom stereocenters. The standard InChI is InChI=1S/C12H25IN2O/c13-5-3-1-2-4-6-14-7-8-15-9-11-16-12-10-15/h14H,1-12H2. The predicted octanol–water partition coefficient (Wildman–Crippen LogP) is 1.90. The van der Waals surface area contributed by atoms with Gasteiger partial charge in [0.1, 0.15) is 0 Å². The van der Waals surface area contributed by atoms with Crippen LogP contribution in [0.3, 0.4) is 0 Å². The van der Waals surface area contributed by atoms with E-state index in [1.54, 1.807) is 0 Å². The molecule has 0 unspecified atom stereocenters. The van der Waals surface area contributed by atoms with Crippen LogP contribution >= 0.6 is 22.6 Å². The summed E-state index contributed by atoms with van der Waals surface area (Å²) in [7, 11) is 0. The van der Waals surface area contributed by atoms with Gasteiger partial charge in [-0.15, -0.1) is 0 Å². The summed E-state index contributed by atoms with van der Waals surface area (Å²) in [5.74, 6) is 0. The molecular weight excluding hydrogens is 315 g/mol. The highest BCUT2D eigenvalue weighted by atomic mass is 127. The minimum Gasteiger partial charge on any atom is -0.379 e. The van der Waals surface area contributed by atoms with Gasteiger partial charge in [0.05, 0.1) is 13.2 Å². The summed E-state index contributed by atoms with van der Waals surface area (Å²) in [4.78, 5) is 2.48. The highest BCUT2D eigenvalue weighted by Gasteiger charge is 2.08. The summed E-state index contributed by atoms with van der Waals surface area (Å²) in [6, 6.07) is 0. The minimum atomic E-state index is 0.913.